The van der Waals surface area contributed by atoms with E-state index in [0.29, 0.717) is 48.8 Å². The van der Waals surface area contributed by atoms with E-state index in [9.17, 15) is 4.79 Å². The average molecular weight is 354 g/mol. The second-order valence-electron chi connectivity index (χ2n) is 5.68. The van der Waals surface area contributed by atoms with Crippen LogP contribution in [0.15, 0.2) is 18.4 Å². The number of urea groups is 1. The van der Waals surface area contributed by atoms with Crippen LogP contribution in [0.5, 0.6) is 0 Å². The SMILES string of the molecule is C=C1c2[nH]c(Cl)nc2N(CCCC)C(=O)N1CCC/C(N)=C/CO. The highest BCUT2D eigenvalue weighted by Crippen LogP contribution is 2.34. The molecule has 0 fully saturated rings. The Morgan fingerprint density at radius 1 is 1.42 bits per heavy atom. The molecule has 0 atom stereocenters. The third kappa shape index (κ3) is 3.91. The number of aromatic nitrogens is 2. The van der Waals surface area contributed by atoms with Crippen LogP contribution in [0, 0.1) is 0 Å². The number of anilines is 1. The van der Waals surface area contributed by atoms with Crippen molar-refractivity contribution in [1.29, 1.82) is 0 Å². The van der Waals surface area contributed by atoms with E-state index in [1.165, 1.54) is 0 Å². The van der Waals surface area contributed by atoms with E-state index in [1.807, 2.05) is 0 Å². The number of fused-ring (bicyclic) bond motifs is 1. The predicted octanol–water partition coefficient (Wildman–Crippen LogP) is 2.69. The van der Waals surface area contributed by atoms with Crippen molar-refractivity contribution >= 4 is 29.1 Å². The van der Waals surface area contributed by atoms with Gasteiger partial charge in [0, 0.05) is 18.8 Å². The fourth-order valence-corrected chi connectivity index (χ4v) is 2.80. The number of H-pyrrole nitrogens is 1. The molecular formula is C16H24ClN5O2. The Kier molecular flexibility index (Phi) is 6.28. The zero-order valence-corrected chi connectivity index (χ0v) is 14.6. The highest BCUT2D eigenvalue weighted by atomic mass is 35.5. The van der Waals surface area contributed by atoms with Gasteiger partial charge in [-0.15, -0.1) is 0 Å². The second-order valence-corrected chi connectivity index (χ2v) is 6.04. The summed E-state index contributed by atoms with van der Waals surface area (Å²) in [7, 11) is 0. The summed E-state index contributed by atoms with van der Waals surface area (Å²) in [6.45, 7) is 7.07. The maximum absolute atomic E-state index is 12.8. The number of allylic oxidation sites excluding steroid dienone is 1. The van der Waals surface area contributed by atoms with E-state index in [0.717, 1.165) is 12.8 Å². The van der Waals surface area contributed by atoms with Gasteiger partial charge < -0.3 is 15.8 Å². The number of hydrogen-bond donors (Lipinski definition) is 3. The molecule has 24 heavy (non-hydrogen) atoms. The van der Waals surface area contributed by atoms with E-state index in [1.54, 1.807) is 15.9 Å². The number of nitrogens with two attached hydrogens (primary N) is 1. The molecule has 0 unspecified atom stereocenters. The second kappa shape index (κ2) is 8.21. The molecule has 0 saturated carbocycles. The lowest BCUT2D eigenvalue weighted by atomic mass is 10.1. The Morgan fingerprint density at radius 2 is 2.12 bits per heavy atom. The lowest BCUT2D eigenvalue weighted by molar-refractivity contribution is 0.222. The van der Waals surface area contributed by atoms with Crippen molar-refractivity contribution in [1.82, 2.24) is 14.9 Å². The first-order valence-electron chi connectivity index (χ1n) is 8.08. The molecule has 1 aliphatic heterocycles. The summed E-state index contributed by atoms with van der Waals surface area (Å²) in [6, 6.07) is -0.145. The molecule has 8 heteroatoms. The monoisotopic (exact) mass is 353 g/mol. The normalized spacial score (nSPS) is 15.2. The molecule has 132 valence electrons. The van der Waals surface area contributed by atoms with Crippen LogP contribution in [-0.2, 0) is 0 Å². The van der Waals surface area contributed by atoms with Crippen molar-refractivity contribution in [3.8, 4) is 0 Å². The molecule has 0 bridgehead atoms. The van der Waals surface area contributed by atoms with Gasteiger partial charge in [-0.05, 0) is 36.9 Å². The molecule has 0 radical (unpaired) electrons. The van der Waals surface area contributed by atoms with Gasteiger partial charge in [-0.2, -0.15) is 4.98 Å². The van der Waals surface area contributed by atoms with Crippen LogP contribution in [0.1, 0.15) is 38.3 Å². The number of carbonyl (C=O) groups excluding carboxylic acids is 1. The van der Waals surface area contributed by atoms with Gasteiger partial charge in [0.2, 0.25) is 5.28 Å². The number of nitrogens with one attached hydrogen (secondary N) is 1. The van der Waals surface area contributed by atoms with Crippen molar-refractivity contribution in [3.05, 3.63) is 29.3 Å². The van der Waals surface area contributed by atoms with E-state index < -0.39 is 0 Å². The molecule has 2 heterocycles. The number of imidazole rings is 1. The third-order valence-corrected chi connectivity index (χ3v) is 4.10. The zero-order valence-electron chi connectivity index (χ0n) is 13.9. The summed E-state index contributed by atoms with van der Waals surface area (Å²) in [6.07, 6.45) is 4.69. The van der Waals surface area contributed by atoms with Crippen molar-refractivity contribution in [2.75, 3.05) is 24.6 Å². The summed E-state index contributed by atoms with van der Waals surface area (Å²) in [5, 5.41) is 9.08. The van der Waals surface area contributed by atoms with E-state index in [4.69, 9.17) is 22.4 Å². The molecule has 1 aromatic rings. The Labute approximate surface area is 146 Å². The summed E-state index contributed by atoms with van der Waals surface area (Å²) < 4.78 is 0. The number of halogens is 1. The van der Waals surface area contributed by atoms with Crippen LogP contribution >= 0.6 is 11.6 Å². The molecular weight excluding hydrogens is 330 g/mol. The molecule has 4 N–H and O–H groups in total. The largest absolute Gasteiger partial charge is 0.402 e. The number of amides is 2. The minimum Gasteiger partial charge on any atom is -0.402 e. The van der Waals surface area contributed by atoms with Gasteiger partial charge >= 0.3 is 6.03 Å². The minimum atomic E-state index is -0.145. The van der Waals surface area contributed by atoms with Crippen molar-refractivity contribution in [2.24, 2.45) is 5.73 Å². The zero-order chi connectivity index (χ0) is 17.7. The number of aromatic amines is 1. The first-order valence-corrected chi connectivity index (χ1v) is 8.46. The van der Waals surface area contributed by atoms with E-state index in [2.05, 4.69) is 23.5 Å². The van der Waals surface area contributed by atoms with Gasteiger partial charge in [0.15, 0.2) is 5.82 Å². The topological polar surface area (TPSA) is 98.5 Å². The number of aliphatic hydroxyl groups excluding tert-OH is 1. The average Bonchev–Trinajstić information content (AvgIpc) is 2.92. The first kappa shape index (κ1) is 18.4. The minimum absolute atomic E-state index is 0.0814. The molecule has 0 saturated heterocycles. The number of aliphatic hydroxyl groups is 1. The predicted molar refractivity (Wildman–Crippen MR) is 95.6 cm³/mol. The summed E-state index contributed by atoms with van der Waals surface area (Å²) in [5.41, 5.74) is 7.62. The molecule has 0 aromatic carbocycles. The van der Waals surface area contributed by atoms with Gasteiger partial charge in [-0.3, -0.25) is 9.80 Å². The van der Waals surface area contributed by atoms with Crippen molar-refractivity contribution in [2.45, 2.75) is 32.6 Å². The molecule has 1 aromatic heterocycles. The van der Waals surface area contributed by atoms with Crippen LogP contribution in [0.2, 0.25) is 5.28 Å². The van der Waals surface area contributed by atoms with Crippen LogP contribution in [-0.4, -0.2) is 45.7 Å². The third-order valence-electron chi connectivity index (χ3n) is 3.92. The molecule has 2 rings (SSSR count). The summed E-state index contributed by atoms with van der Waals surface area (Å²) in [5.74, 6) is 0.541. The van der Waals surface area contributed by atoms with Gasteiger partial charge in [-0.25, -0.2) is 4.79 Å². The van der Waals surface area contributed by atoms with E-state index >= 15 is 0 Å². The van der Waals surface area contributed by atoms with E-state index in [-0.39, 0.29) is 17.9 Å². The number of hydrogen-bond acceptors (Lipinski definition) is 4. The number of rotatable bonds is 8. The summed E-state index contributed by atoms with van der Waals surface area (Å²) in [4.78, 5) is 23.3. The Balaban J connectivity index is 2.15. The lowest BCUT2D eigenvalue weighted by Crippen LogP contribution is -2.47. The van der Waals surface area contributed by atoms with Gasteiger partial charge in [0.1, 0.15) is 5.69 Å². The fourth-order valence-electron chi connectivity index (χ4n) is 2.63. The molecule has 7 nitrogen and oxygen atoms in total. The number of carbonyl (C=O) groups is 1. The Hall–Kier alpha value is -1.99. The van der Waals surface area contributed by atoms with Crippen molar-refractivity contribution in [3.63, 3.8) is 0 Å². The summed E-state index contributed by atoms with van der Waals surface area (Å²) >= 11 is 5.98. The maximum Gasteiger partial charge on any atom is 0.330 e. The first-order chi connectivity index (χ1) is 11.5. The van der Waals surface area contributed by atoms with Gasteiger partial charge in [-0.1, -0.05) is 19.9 Å². The highest BCUT2D eigenvalue weighted by molar-refractivity contribution is 6.28. The molecule has 0 spiro atoms. The van der Waals surface area contributed by atoms with Crippen LogP contribution < -0.4 is 10.6 Å². The molecule has 2 amide bonds. The number of nitrogens with zero attached hydrogens (tertiary/aromatic N) is 3. The Bertz CT molecular complexity index is 640. The Morgan fingerprint density at radius 3 is 2.79 bits per heavy atom. The smallest absolute Gasteiger partial charge is 0.330 e. The van der Waals surface area contributed by atoms with Crippen LogP contribution in [0.4, 0.5) is 10.6 Å². The lowest BCUT2D eigenvalue weighted by Gasteiger charge is -2.35. The van der Waals surface area contributed by atoms with Gasteiger partial charge in [0.25, 0.3) is 0 Å². The maximum atomic E-state index is 12.8. The van der Waals surface area contributed by atoms with Crippen molar-refractivity contribution < 1.29 is 9.90 Å². The fraction of sp³-hybridized carbons (Fsp3) is 0.500. The molecule has 0 aliphatic carbocycles. The quantitative estimate of drug-likeness (QED) is 0.669. The molecule has 1 aliphatic rings. The highest BCUT2D eigenvalue weighted by Gasteiger charge is 2.35. The van der Waals surface area contributed by atoms with Gasteiger partial charge in [0.05, 0.1) is 12.3 Å². The standard InChI is InChI=1S/C16H24ClN5O2/c1-3-4-8-22-14-13(19-15(17)20-14)11(2)21(16(22)24)9-5-6-12(18)7-10-23/h7,23H,2-6,8-10,18H2,1H3,(H,19,20)/b12-7-. The van der Waals surface area contributed by atoms with Crippen LogP contribution in [0.3, 0.4) is 0 Å². The van der Waals surface area contributed by atoms with Crippen LogP contribution in [0.25, 0.3) is 5.70 Å². The number of unbranched alkanes of at least 4 members (excludes halogenated alkanes) is 1.